The van der Waals surface area contributed by atoms with Crippen molar-refractivity contribution in [3.63, 3.8) is 0 Å². The van der Waals surface area contributed by atoms with Gasteiger partial charge in [-0.25, -0.2) is 9.67 Å². The fourth-order valence-electron chi connectivity index (χ4n) is 2.84. The second-order valence-electron chi connectivity index (χ2n) is 5.83. The van der Waals surface area contributed by atoms with Crippen molar-refractivity contribution in [2.24, 2.45) is 7.05 Å². The lowest BCUT2D eigenvalue weighted by Crippen LogP contribution is -2.00. The molecular formula is C17H18N6. The van der Waals surface area contributed by atoms with Crippen molar-refractivity contribution in [1.29, 1.82) is 0 Å². The normalized spacial score (nSPS) is 11.5. The van der Waals surface area contributed by atoms with Crippen LogP contribution in [0.3, 0.4) is 0 Å². The number of benzene rings is 1. The van der Waals surface area contributed by atoms with Crippen molar-refractivity contribution < 1.29 is 0 Å². The number of para-hydroxylation sites is 1. The Balaban J connectivity index is 1.95. The van der Waals surface area contributed by atoms with Crippen LogP contribution in [0.4, 0.5) is 0 Å². The van der Waals surface area contributed by atoms with Gasteiger partial charge < -0.3 is 4.98 Å². The Hall–Kier alpha value is -2.89. The van der Waals surface area contributed by atoms with Crippen molar-refractivity contribution in [2.45, 2.75) is 20.8 Å². The minimum atomic E-state index is 0.827. The molecule has 0 bridgehead atoms. The molecule has 3 aromatic heterocycles. The summed E-state index contributed by atoms with van der Waals surface area (Å²) in [6.07, 6.45) is 1.84. The van der Waals surface area contributed by atoms with Crippen molar-refractivity contribution >= 4 is 11.2 Å². The molecule has 1 N–H and O–H groups in total. The molecule has 1 aromatic carbocycles. The predicted molar refractivity (Wildman–Crippen MR) is 89.6 cm³/mol. The van der Waals surface area contributed by atoms with E-state index >= 15 is 0 Å². The maximum absolute atomic E-state index is 4.79. The Morgan fingerprint density at radius 3 is 2.57 bits per heavy atom. The van der Waals surface area contributed by atoms with E-state index < -0.39 is 0 Å². The molecule has 0 fully saturated rings. The molecule has 0 unspecified atom stereocenters. The first-order valence-electron chi connectivity index (χ1n) is 7.56. The number of nitrogens with one attached hydrogen (secondary N) is 1. The number of aromatic amines is 1. The van der Waals surface area contributed by atoms with Gasteiger partial charge in [-0.1, -0.05) is 18.2 Å². The van der Waals surface area contributed by atoms with Gasteiger partial charge >= 0.3 is 0 Å². The minimum absolute atomic E-state index is 0.827. The van der Waals surface area contributed by atoms with E-state index in [4.69, 9.17) is 4.98 Å². The van der Waals surface area contributed by atoms with Crippen LogP contribution < -0.4 is 0 Å². The number of imidazole rings is 1. The third-order valence-corrected chi connectivity index (χ3v) is 4.33. The van der Waals surface area contributed by atoms with Gasteiger partial charge in [-0.15, -0.1) is 0 Å². The van der Waals surface area contributed by atoms with E-state index in [9.17, 15) is 0 Å². The first kappa shape index (κ1) is 13.8. The summed E-state index contributed by atoms with van der Waals surface area (Å²) in [5, 5.41) is 8.94. The van der Waals surface area contributed by atoms with E-state index in [1.54, 1.807) is 0 Å². The zero-order valence-corrected chi connectivity index (χ0v) is 13.6. The second-order valence-corrected chi connectivity index (χ2v) is 5.83. The van der Waals surface area contributed by atoms with Crippen molar-refractivity contribution in [3.05, 3.63) is 47.4 Å². The maximum atomic E-state index is 4.79. The SMILES string of the molecule is Cc1ccccc1-n1nc(C)c2[nH]c(-c3cnn(C)c3C)nc21. The Morgan fingerprint density at radius 1 is 1.09 bits per heavy atom. The van der Waals surface area contributed by atoms with Gasteiger partial charge in [0.2, 0.25) is 0 Å². The summed E-state index contributed by atoms with van der Waals surface area (Å²) in [5.74, 6) is 0.827. The molecule has 0 aliphatic carbocycles. The van der Waals surface area contributed by atoms with Crippen LogP contribution in [0.25, 0.3) is 28.2 Å². The summed E-state index contributed by atoms with van der Waals surface area (Å²) < 4.78 is 3.76. The third-order valence-electron chi connectivity index (χ3n) is 4.33. The summed E-state index contributed by atoms with van der Waals surface area (Å²) in [6, 6.07) is 8.19. The van der Waals surface area contributed by atoms with Gasteiger partial charge in [-0.2, -0.15) is 10.2 Å². The molecule has 4 rings (SSSR count). The van der Waals surface area contributed by atoms with E-state index in [-0.39, 0.29) is 0 Å². The van der Waals surface area contributed by atoms with Crippen molar-refractivity contribution in [3.8, 4) is 17.1 Å². The molecule has 4 aromatic rings. The van der Waals surface area contributed by atoms with Crippen LogP contribution in [0.2, 0.25) is 0 Å². The van der Waals surface area contributed by atoms with Gasteiger partial charge in [-0.05, 0) is 32.4 Å². The van der Waals surface area contributed by atoms with Gasteiger partial charge in [0.1, 0.15) is 11.3 Å². The van der Waals surface area contributed by atoms with Crippen LogP contribution in [0, 0.1) is 20.8 Å². The Bertz CT molecular complexity index is 1020. The maximum Gasteiger partial charge on any atom is 0.181 e. The molecule has 0 saturated carbocycles. The van der Waals surface area contributed by atoms with Gasteiger partial charge in [0.15, 0.2) is 5.65 Å². The minimum Gasteiger partial charge on any atom is -0.335 e. The van der Waals surface area contributed by atoms with E-state index in [0.29, 0.717) is 0 Å². The molecule has 0 saturated heterocycles. The molecule has 0 spiro atoms. The molecular weight excluding hydrogens is 288 g/mol. The standard InChI is InChI=1S/C17H18N6/c1-10-7-5-6-8-14(10)23-17-15(11(2)21-23)19-16(20-17)13-9-18-22(4)12(13)3/h5-9H,1-4H3,(H,19,20). The first-order valence-corrected chi connectivity index (χ1v) is 7.56. The molecule has 0 amide bonds. The Kier molecular flexibility index (Phi) is 2.87. The highest BCUT2D eigenvalue weighted by Gasteiger charge is 2.18. The van der Waals surface area contributed by atoms with E-state index in [1.807, 2.05) is 48.6 Å². The molecule has 23 heavy (non-hydrogen) atoms. The Morgan fingerprint density at radius 2 is 1.87 bits per heavy atom. The topological polar surface area (TPSA) is 64.3 Å². The van der Waals surface area contributed by atoms with Crippen LogP contribution in [-0.4, -0.2) is 29.5 Å². The van der Waals surface area contributed by atoms with Crippen LogP contribution in [0.1, 0.15) is 17.0 Å². The molecule has 3 heterocycles. The molecule has 116 valence electrons. The lowest BCUT2D eigenvalue weighted by molar-refractivity contribution is 0.740. The largest absolute Gasteiger partial charge is 0.335 e. The number of H-pyrrole nitrogens is 1. The van der Waals surface area contributed by atoms with Crippen molar-refractivity contribution in [1.82, 2.24) is 29.5 Å². The number of aromatic nitrogens is 6. The van der Waals surface area contributed by atoms with Gasteiger partial charge in [0, 0.05) is 12.7 Å². The summed E-state index contributed by atoms with van der Waals surface area (Å²) in [5.41, 5.74) is 7.05. The molecule has 0 aliphatic rings. The fourth-order valence-corrected chi connectivity index (χ4v) is 2.84. The molecule has 0 radical (unpaired) electrons. The highest BCUT2D eigenvalue weighted by molar-refractivity contribution is 5.80. The molecule has 0 aliphatic heterocycles. The van der Waals surface area contributed by atoms with Crippen LogP contribution in [0.15, 0.2) is 30.5 Å². The number of nitrogens with zero attached hydrogens (tertiary/aromatic N) is 5. The summed E-state index contributed by atoms with van der Waals surface area (Å²) in [4.78, 5) is 8.18. The van der Waals surface area contributed by atoms with E-state index in [2.05, 4.69) is 34.2 Å². The molecule has 6 nitrogen and oxygen atoms in total. The summed E-state index contributed by atoms with van der Waals surface area (Å²) in [6.45, 7) is 6.11. The highest BCUT2D eigenvalue weighted by atomic mass is 15.3. The number of aryl methyl sites for hydroxylation is 3. The quantitative estimate of drug-likeness (QED) is 0.619. The Labute approximate surface area is 133 Å². The lowest BCUT2D eigenvalue weighted by Gasteiger charge is -2.05. The van der Waals surface area contributed by atoms with Crippen LogP contribution >= 0.6 is 0 Å². The van der Waals surface area contributed by atoms with E-state index in [0.717, 1.165) is 39.6 Å². The number of rotatable bonds is 2. The van der Waals surface area contributed by atoms with Gasteiger partial charge in [0.25, 0.3) is 0 Å². The molecule has 6 heteroatoms. The monoisotopic (exact) mass is 306 g/mol. The third kappa shape index (κ3) is 1.98. The average Bonchev–Trinajstić information content (AvgIpc) is 3.18. The zero-order chi connectivity index (χ0) is 16.1. The highest BCUT2D eigenvalue weighted by Crippen LogP contribution is 2.27. The number of hydrogen-bond donors (Lipinski definition) is 1. The molecule has 0 atom stereocenters. The van der Waals surface area contributed by atoms with E-state index in [1.165, 1.54) is 5.56 Å². The second kappa shape index (κ2) is 4.81. The number of hydrogen-bond acceptors (Lipinski definition) is 3. The van der Waals surface area contributed by atoms with Crippen LogP contribution in [-0.2, 0) is 7.05 Å². The first-order chi connectivity index (χ1) is 11.1. The van der Waals surface area contributed by atoms with Gasteiger partial charge in [-0.3, -0.25) is 4.68 Å². The smallest absolute Gasteiger partial charge is 0.181 e. The lowest BCUT2D eigenvalue weighted by atomic mass is 10.2. The van der Waals surface area contributed by atoms with Gasteiger partial charge in [0.05, 0.1) is 23.1 Å². The van der Waals surface area contributed by atoms with Crippen LogP contribution in [0.5, 0.6) is 0 Å². The summed E-state index contributed by atoms with van der Waals surface area (Å²) >= 11 is 0. The predicted octanol–water partition coefficient (Wildman–Crippen LogP) is 3.07. The fraction of sp³-hybridized carbons (Fsp3) is 0.235. The zero-order valence-electron chi connectivity index (χ0n) is 13.6. The van der Waals surface area contributed by atoms with Crippen molar-refractivity contribution in [2.75, 3.05) is 0 Å². The average molecular weight is 306 g/mol. The summed E-state index contributed by atoms with van der Waals surface area (Å²) in [7, 11) is 1.93. The number of fused-ring (bicyclic) bond motifs is 1.